The van der Waals surface area contributed by atoms with E-state index < -0.39 is 23.8 Å². The van der Waals surface area contributed by atoms with E-state index >= 15 is 0 Å². The second kappa shape index (κ2) is 5.90. The quantitative estimate of drug-likeness (QED) is 0.831. The van der Waals surface area contributed by atoms with Crippen molar-refractivity contribution < 1.29 is 23.9 Å². The summed E-state index contributed by atoms with van der Waals surface area (Å²) >= 11 is 0. The van der Waals surface area contributed by atoms with E-state index in [1.165, 1.54) is 4.90 Å². The molecule has 0 bridgehead atoms. The molecule has 7 nitrogen and oxygen atoms in total. The Morgan fingerprint density at radius 1 is 1.17 bits per heavy atom. The molecule has 2 atom stereocenters. The molecule has 1 fully saturated rings. The molecule has 3 rings (SSSR count). The summed E-state index contributed by atoms with van der Waals surface area (Å²) in [5.74, 6) is -0.718. The van der Waals surface area contributed by atoms with E-state index in [2.05, 4.69) is 5.32 Å². The largest absolute Gasteiger partial charge is 0.444 e. The van der Waals surface area contributed by atoms with Crippen molar-refractivity contribution in [1.82, 2.24) is 10.2 Å². The minimum absolute atomic E-state index is 0.186. The highest BCUT2D eigenvalue weighted by Gasteiger charge is 2.45. The molecule has 128 valence electrons. The van der Waals surface area contributed by atoms with Gasteiger partial charge in [0.15, 0.2) is 0 Å². The Morgan fingerprint density at radius 3 is 2.29 bits per heavy atom. The van der Waals surface area contributed by atoms with Gasteiger partial charge in [-0.1, -0.05) is 12.1 Å². The van der Waals surface area contributed by atoms with Crippen LogP contribution in [0.2, 0.25) is 0 Å². The van der Waals surface area contributed by atoms with Gasteiger partial charge in [-0.05, 0) is 32.9 Å². The van der Waals surface area contributed by atoms with E-state index in [4.69, 9.17) is 9.47 Å². The number of fused-ring (bicyclic) bond motifs is 1. The molecule has 1 aromatic carbocycles. The Labute approximate surface area is 139 Å². The van der Waals surface area contributed by atoms with Gasteiger partial charge in [0.2, 0.25) is 0 Å². The molecule has 0 radical (unpaired) electrons. The Morgan fingerprint density at radius 2 is 1.75 bits per heavy atom. The van der Waals surface area contributed by atoms with Gasteiger partial charge in [0.05, 0.1) is 36.4 Å². The predicted molar refractivity (Wildman–Crippen MR) is 84.7 cm³/mol. The zero-order valence-electron chi connectivity index (χ0n) is 13.9. The minimum atomic E-state index is -0.630. The first-order valence-electron chi connectivity index (χ1n) is 7.82. The van der Waals surface area contributed by atoms with E-state index in [0.29, 0.717) is 11.1 Å². The topological polar surface area (TPSA) is 84.9 Å². The van der Waals surface area contributed by atoms with Gasteiger partial charge in [-0.3, -0.25) is 14.5 Å². The van der Waals surface area contributed by atoms with Gasteiger partial charge in [0.1, 0.15) is 5.60 Å². The smallest absolute Gasteiger partial charge is 0.408 e. The monoisotopic (exact) mass is 332 g/mol. The molecule has 0 aliphatic carbocycles. The summed E-state index contributed by atoms with van der Waals surface area (Å²) in [5, 5.41) is 2.70. The third kappa shape index (κ3) is 2.99. The van der Waals surface area contributed by atoms with E-state index in [0.717, 1.165) is 0 Å². The fraction of sp³-hybridized carbons (Fsp3) is 0.471. The molecule has 2 aliphatic rings. The third-order valence-corrected chi connectivity index (χ3v) is 3.91. The highest BCUT2D eigenvalue weighted by Crippen LogP contribution is 2.27. The van der Waals surface area contributed by atoms with Crippen molar-refractivity contribution in [2.45, 2.75) is 38.5 Å². The van der Waals surface area contributed by atoms with Crippen LogP contribution < -0.4 is 5.32 Å². The molecular weight excluding hydrogens is 312 g/mol. The highest BCUT2D eigenvalue weighted by atomic mass is 16.6. The summed E-state index contributed by atoms with van der Waals surface area (Å²) in [6.07, 6.45) is -0.598. The molecule has 1 aromatic rings. The van der Waals surface area contributed by atoms with Crippen molar-refractivity contribution in [3.05, 3.63) is 35.4 Å². The molecule has 0 aromatic heterocycles. The van der Waals surface area contributed by atoms with Crippen molar-refractivity contribution in [3.8, 4) is 0 Å². The van der Waals surface area contributed by atoms with E-state index in [1.54, 1.807) is 45.0 Å². The fourth-order valence-electron chi connectivity index (χ4n) is 2.90. The number of hydrogen-bond acceptors (Lipinski definition) is 5. The second-order valence-electron chi connectivity index (χ2n) is 6.88. The van der Waals surface area contributed by atoms with Crippen LogP contribution in [-0.2, 0) is 9.47 Å². The first-order valence-corrected chi connectivity index (χ1v) is 7.82. The number of amides is 3. The standard InChI is InChI=1S/C17H20N2O5/c1-17(2,3)24-16(22)18-12-8-23-9-13(12)19-14(20)10-6-4-5-7-11(10)15(19)21/h4-7,12-13H,8-9H2,1-3H3,(H,18,22)/t12-,13+/m0/s1. The average Bonchev–Trinajstić information content (AvgIpc) is 3.01. The fourth-order valence-corrected chi connectivity index (χ4v) is 2.90. The normalized spacial score (nSPS) is 23.4. The maximum Gasteiger partial charge on any atom is 0.408 e. The molecular formula is C17H20N2O5. The van der Waals surface area contributed by atoms with Gasteiger partial charge in [0.25, 0.3) is 11.8 Å². The summed E-state index contributed by atoms with van der Waals surface area (Å²) in [7, 11) is 0. The number of imide groups is 1. The van der Waals surface area contributed by atoms with Crippen molar-refractivity contribution in [3.63, 3.8) is 0 Å². The van der Waals surface area contributed by atoms with E-state index in [9.17, 15) is 14.4 Å². The Balaban J connectivity index is 1.76. The number of nitrogens with one attached hydrogen (secondary N) is 1. The zero-order chi connectivity index (χ0) is 17.5. The van der Waals surface area contributed by atoms with Crippen LogP contribution in [0.4, 0.5) is 4.79 Å². The van der Waals surface area contributed by atoms with Gasteiger partial charge in [-0.2, -0.15) is 0 Å². The highest BCUT2D eigenvalue weighted by molar-refractivity contribution is 6.21. The van der Waals surface area contributed by atoms with E-state index in [-0.39, 0.29) is 25.0 Å². The van der Waals surface area contributed by atoms with E-state index in [1.807, 2.05) is 0 Å². The lowest BCUT2D eigenvalue weighted by Crippen LogP contribution is -2.53. The van der Waals surface area contributed by atoms with Crippen LogP contribution in [0.1, 0.15) is 41.5 Å². The van der Waals surface area contributed by atoms with Gasteiger partial charge in [-0.25, -0.2) is 4.79 Å². The number of rotatable bonds is 2. The molecule has 2 aliphatic heterocycles. The number of carbonyl (C=O) groups is 3. The summed E-state index contributed by atoms with van der Waals surface area (Å²) in [6.45, 7) is 5.70. The minimum Gasteiger partial charge on any atom is -0.444 e. The van der Waals surface area contributed by atoms with Crippen LogP contribution in [-0.4, -0.2) is 53.7 Å². The number of ether oxygens (including phenoxy) is 2. The second-order valence-corrected chi connectivity index (χ2v) is 6.88. The number of alkyl carbamates (subject to hydrolysis) is 1. The van der Waals surface area contributed by atoms with Crippen LogP contribution >= 0.6 is 0 Å². The van der Waals surface area contributed by atoms with Crippen molar-refractivity contribution in [1.29, 1.82) is 0 Å². The molecule has 0 unspecified atom stereocenters. The molecule has 0 spiro atoms. The molecule has 1 N–H and O–H groups in total. The molecule has 24 heavy (non-hydrogen) atoms. The summed E-state index contributed by atoms with van der Waals surface area (Å²) in [5.41, 5.74) is 0.130. The van der Waals surface area contributed by atoms with Gasteiger partial charge < -0.3 is 14.8 Å². The maximum atomic E-state index is 12.6. The van der Waals surface area contributed by atoms with Gasteiger partial charge in [-0.15, -0.1) is 0 Å². The third-order valence-electron chi connectivity index (χ3n) is 3.91. The molecule has 1 saturated heterocycles. The van der Waals surface area contributed by atoms with Crippen molar-refractivity contribution in [2.24, 2.45) is 0 Å². The van der Waals surface area contributed by atoms with Gasteiger partial charge in [0, 0.05) is 0 Å². The van der Waals surface area contributed by atoms with Crippen LogP contribution in [0.3, 0.4) is 0 Å². The SMILES string of the molecule is CC(C)(C)OC(=O)N[C@H]1COC[C@H]1N1C(=O)c2ccccc2C1=O. The number of nitrogens with zero attached hydrogens (tertiary/aromatic N) is 1. The van der Waals surface area contributed by atoms with Crippen LogP contribution in [0, 0.1) is 0 Å². The van der Waals surface area contributed by atoms with Crippen LogP contribution in [0.5, 0.6) is 0 Å². The van der Waals surface area contributed by atoms with Crippen LogP contribution in [0.25, 0.3) is 0 Å². The Kier molecular flexibility index (Phi) is 4.04. The number of carbonyl (C=O) groups excluding carboxylic acids is 3. The lowest BCUT2D eigenvalue weighted by Gasteiger charge is -2.28. The lowest BCUT2D eigenvalue weighted by atomic mass is 10.1. The number of benzene rings is 1. The summed E-state index contributed by atoms with van der Waals surface area (Å²) < 4.78 is 10.6. The lowest BCUT2D eigenvalue weighted by molar-refractivity contribution is 0.0442. The first kappa shape index (κ1) is 16.4. The Bertz CT molecular complexity index is 659. The number of hydrogen-bond donors (Lipinski definition) is 1. The summed E-state index contributed by atoms with van der Waals surface area (Å²) in [4.78, 5) is 38.3. The van der Waals surface area contributed by atoms with Crippen molar-refractivity contribution in [2.75, 3.05) is 13.2 Å². The summed E-state index contributed by atoms with van der Waals surface area (Å²) in [6, 6.07) is 5.64. The predicted octanol–water partition coefficient (Wildman–Crippen LogP) is 1.57. The van der Waals surface area contributed by atoms with Crippen molar-refractivity contribution >= 4 is 17.9 Å². The maximum absolute atomic E-state index is 12.6. The van der Waals surface area contributed by atoms with Crippen LogP contribution in [0.15, 0.2) is 24.3 Å². The Hall–Kier alpha value is -2.41. The zero-order valence-corrected chi connectivity index (χ0v) is 13.9. The van der Waals surface area contributed by atoms with Gasteiger partial charge >= 0.3 is 6.09 Å². The molecule has 3 amide bonds. The molecule has 7 heteroatoms. The average molecular weight is 332 g/mol. The molecule has 2 heterocycles. The molecule has 0 saturated carbocycles. The first-order chi connectivity index (χ1) is 11.3.